The van der Waals surface area contributed by atoms with Gasteiger partial charge in [-0.2, -0.15) is 5.10 Å². The van der Waals surface area contributed by atoms with Gasteiger partial charge >= 0.3 is 5.69 Å². The van der Waals surface area contributed by atoms with E-state index in [0.717, 1.165) is 12.3 Å². The number of hydrogen-bond acceptors (Lipinski definition) is 5. The molecule has 2 N–H and O–H groups in total. The number of rotatable bonds is 4. The second kappa shape index (κ2) is 7.21. The summed E-state index contributed by atoms with van der Waals surface area (Å²) < 4.78 is 0.393. The Morgan fingerprint density at radius 1 is 1.39 bits per heavy atom. The number of benzene rings is 2. The Morgan fingerprint density at radius 2 is 2.13 bits per heavy atom. The van der Waals surface area contributed by atoms with E-state index in [0.29, 0.717) is 15.1 Å². The lowest BCUT2D eigenvalue weighted by Crippen LogP contribution is -2.17. The van der Waals surface area contributed by atoms with Gasteiger partial charge in [-0.1, -0.05) is 33.6 Å². The zero-order valence-electron chi connectivity index (χ0n) is 11.4. The van der Waals surface area contributed by atoms with Crippen molar-refractivity contribution in [2.45, 2.75) is 0 Å². The first kappa shape index (κ1) is 16.9. The van der Waals surface area contributed by atoms with Crippen LogP contribution in [0.3, 0.4) is 0 Å². The molecule has 118 valence electrons. The molecule has 9 heteroatoms. The maximum atomic E-state index is 11.9. The lowest BCUT2D eigenvalue weighted by Gasteiger charge is -2.02. The topological polar surface area (TPSA) is 105 Å². The summed E-state index contributed by atoms with van der Waals surface area (Å²) in [7, 11) is 0. The van der Waals surface area contributed by atoms with Gasteiger partial charge in [-0.05, 0) is 24.3 Å². The third-order valence-electron chi connectivity index (χ3n) is 2.74. The standard InChI is InChI=1S/C14H9BrClN3O4/c15-10-4-9(13(20)12(6-10)19(22)23)7-17-18-14(21)8-2-1-3-11(16)5-8/h1-7,20H,(H,18,21)/b17-7+. The van der Waals surface area contributed by atoms with Crippen LogP contribution in [0.4, 0.5) is 5.69 Å². The fraction of sp³-hybridized carbons (Fsp3) is 0. The van der Waals surface area contributed by atoms with Crippen molar-refractivity contribution in [2.75, 3.05) is 0 Å². The summed E-state index contributed by atoms with van der Waals surface area (Å²) in [4.78, 5) is 22.0. The van der Waals surface area contributed by atoms with Crippen LogP contribution < -0.4 is 5.43 Å². The van der Waals surface area contributed by atoms with Crippen molar-refractivity contribution in [2.24, 2.45) is 5.10 Å². The van der Waals surface area contributed by atoms with Crippen LogP contribution in [0.25, 0.3) is 0 Å². The number of nitrogens with one attached hydrogen (secondary N) is 1. The number of nitro groups is 1. The Morgan fingerprint density at radius 3 is 2.78 bits per heavy atom. The van der Waals surface area contributed by atoms with Crippen LogP contribution in [0.2, 0.25) is 5.02 Å². The molecule has 0 atom stereocenters. The van der Waals surface area contributed by atoms with Gasteiger partial charge in [0.25, 0.3) is 5.91 Å². The van der Waals surface area contributed by atoms with Crippen molar-refractivity contribution in [3.8, 4) is 5.75 Å². The predicted molar refractivity (Wildman–Crippen MR) is 89.0 cm³/mol. The van der Waals surface area contributed by atoms with Gasteiger partial charge in [0.2, 0.25) is 5.75 Å². The zero-order chi connectivity index (χ0) is 17.0. The van der Waals surface area contributed by atoms with Gasteiger partial charge in [0.15, 0.2) is 0 Å². The van der Waals surface area contributed by atoms with Crippen LogP contribution in [-0.2, 0) is 0 Å². The molecule has 0 aliphatic rings. The largest absolute Gasteiger partial charge is 0.502 e. The van der Waals surface area contributed by atoms with Gasteiger partial charge in [-0.3, -0.25) is 14.9 Å². The number of aromatic hydroxyl groups is 1. The summed E-state index contributed by atoms with van der Waals surface area (Å²) in [5, 5.41) is 24.7. The van der Waals surface area contributed by atoms with Crippen molar-refractivity contribution in [1.82, 2.24) is 5.43 Å². The Hall–Kier alpha value is -2.45. The number of nitro benzene ring substituents is 1. The van der Waals surface area contributed by atoms with E-state index in [-0.39, 0.29) is 5.56 Å². The van der Waals surface area contributed by atoms with Crippen molar-refractivity contribution in [1.29, 1.82) is 0 Å². The highest BCUT2D eigenvalue weighted by Crippen LogP contribution is 2.32. The molecule has 0 bridgehead atoms. The quantitative estimate of drug-likeness (QED) is 0.467. The van der Waals surface area contributed by atoms with E-state index in [2.05, 4.69) is 26.5 Å². The molecule has 0 saturated carbocycles. The van der Waals surface area contributed by atoms with Crippen LogP contribution in [0.15, 0.2) is 46.0 Å². The minimum absolute atomic E-state index is 0.0810. The van der Waals surface area contributed by atoms with Gasteiger partial charge in [-0.25, -0.2) is 5.43 Å². The van der Waals surface area contributed by atoms with E-state index >= 15 is 0 Å². The van der Waals surface area contributed by atoms with E-state index in [1.54, 1.807) is 18.2 Å². The smallest absolute Gasteiger partial charge is 0.312 e. The fourth-order valence-corrected chi connectivity index (χ4v) is 2.35. The number of halogens is 2. The Kier molecular flexibility index (Phi) is 5.30. The third kappa shape index (κ3) is 4.27. The molecule has 2 rings (SSSR count). The van der Waals surface area contributed by atoms with Gasteiger partial charge in [0.1, 0.15) is 0 Å². The molecule has 23 heavy (non-hydrogen) atoms. The number of carbonyl (C=O) groups excluding carboxylic acids is 1. The number of phenolic OH excluding ortho intramolecular Hbond substituents is 1. The first-order chi connectivity index (χ1) is 10.9. The van der Waals surface area contributed by atoms with Crippen LogP contribution in [0.1, 0.15) is 15.9 Å². The Bertz CT molecular complexity index is 811. The lowest BCUT2D eigenvalue weighted by molar-refractivity contribution is -0.385. The van der Waals surface area contributed by atoms with Crippen LogP contribution >= 0.6 is 27.5 Å². The molecule has 2 aromatic carbocycles. The zero-order valence-corrected chi connectivity index (χ0v) is 13.7. The van der Waals surface area contributed by atoms with Gasteiger partial charge in [-0.15, -0.1) is 0 Å². The lowest BCUT2D eigenvalue weighted by atomic mass is 10.2. The monoisotopic (exact) mass is 397 g/mol. The minimum Gasteiger partial charge on any atom is -0.502 e. The maximum absolute atomic E-state index is 11.9. The van der Waals surface area contributed by atoms with E-state index in [4.69, 9.17) is 11.6 Å². The fourth-order valence-electron chi connectivity index (χ4n) is 1.70. The summed E-state index contributed by atoms with van der Waals surface area (Å²) in [6.07, 6.45) is 1.11. The molecule has 0 radical (unpaired) electrons. The SMILES string of the molecule is O=C(N/N=C/c1cc(Br)cc([N+](=O)[O-])c1O)c1cccc(Cl)c1. The number of hydrogen-bond donors (Lipinski definition) is 2. The van der Waals surface area contributed by atoms with Crippen LogP contribution in [-0.4, -0.2) is 22.2 Å². The number of carbonyl (C=O) groups is 1. The molecular weight excluding hydrogens is 390 g/mol. The molecule has 7 nitrogen and oxygen atoms in total. The highest BCUT2D eigenvalue weighted by Gasteiger charge is 2.17. The first-order valence-corrected chi connectivity index (χ1v) is 7.31. The van der Waals surface area contributed by atoms with E-state index in [1.165, 1.54) is 12.1 Å². The average molecular weight is 399 g/mol. The van der Waals surface area contributed by atoms with Gasteiger partial charge < -0.3 is 5.11 Å². The molecule has 2 aromatic rings. The molecule has 0 heterocycles. The average Bonchev–Trinajstić information content (AvgIpc) is 2.49. The number of amides is 1. The summed E-state index contributed by atoms with van der Waals surface area (Å²) in [6, 6.07) is 8.85. The Balaban J connectivity index is 2.18. The molecule has 0 aliphatic carbocycles. The summed E-state index contributed by atoms with van der Waals surface area (Å²) in [5.41, 5.74) is 2.16. The summed E-state index contributed by atoms with van der Waals surface area (Å²) in [6.45, 7) is 0. The highest BCUT2D eigenvalue weighted by atomic mass is 79.9. The summed E-state index contributed by atoms with van der Waals surface area (Å²) >= 11 is 8.89. The molecule has 0 saturated heterocycles. The van der Waals surface area contributed by atoms with Crippen LogP contribution in [0.5, 0.6) is 5.75 Å². The van der Waals surface area contributed by atoms with Crippen molar-refractivity contribution in [3.05, 3.63) is 67.1 Å². The van der Waals surface area contributed by atoms with Crippen molar-refractivity contribution in [3.63, 3.8) is 0 Å². The second-order valence-electron chi connectivity index (χ2n) is 4.33. The predicted octanol–water partition coefficient (Wildman–Crippen LogP) is 3.48. The minimum atomic E-state index is -0.720. The number of nitrogens with zero attached hydrogens (tertiary/aromatic N) is 2. The third-order valence-corrected chi connectivity index (χ3v) is 3.43. The number of phenols is 1. The molecule has 1 amide bonds. The summed E-state index contributed by atoms with van der Waals surface area (Å²) in [5.74, 6) is -1.05. The normalized spacial score (nSPS) is 10.7. The highest BCUT2D eigenvalue weighted by molar-refractivity contribution is 9.10. The molecular formula is C14H9BrClN3O4. The molecule has 0 spiro atoms. The molecule has 0 aliphatic heterocycles. The second-order valence-corrected chi connectivity index (χ2v) is 5.68. The van der Waals surface area contributed by atoms with Crippen LogP contribution in [0, 0.1) is 10.1 Å². The van der Waals surface area contributed by atoms with Gasteiger partial charge in [0.05, 0.1) is 11.1 Å². The molecule has 0 unspecified atom stereocenters. The van der Waals surface area contributed by atoms with Gasteiger partial charge in [0, 0.05) is 26.7 Å². The first-order valence-electron chi connectivity index (χ1n) is 6.14. The van der Waals surface area contributed by atoms with E-state index in [1.807, 2.05) is 0 Å². The van der Waals surface area contributed by atoms with Crippen molar-refractivity contribution >= 4 is 45.3 Å². The Labute approximate surface area is 143 Å². The molecule has 0 fully saturated rings. The van der Waals surface area contributed by atoms with Crippen molar-refractivity contribution < 1.29 is 14.8 Å². The van der Waals surface area contributed by atoms with E-state index < -0.39 is 22.3 Å². The maximum Gasteiger partial charge on any atom is 0.312 e. The molecule has 0 aromatic heterocycles. The number of hydrazone groups is 1. The van der Waals surface area contributed by atoms with E-state index in [9.17, 15) is 20.0 Å².